The van der Waals surface area contributed by atoms with Crippen LogP contribution in [0.5, 0.6) is 0 Å². The van der Waals surface area contributed by atoms with Gasteiger partial charge in [0.1, 0.15) is 0 Å². The van der Waals surface area contributed by atoms with Gasteiger partial charge in [0, 0.05) is 22.4 Å². The van der Waals surface area contributed by atoms with Crippen molar-refractivity contribution in [3.05, 3.63) is 211 Å². The number of aryl methyl sites for hydroxylation is 1. The van der Waals surface area contributed by atoms with Crippen LogP contribution in [-0.2, 0) is 6.42 Å². The summed E-state index contributed by atoms with van der Waals surface area (Å²) in [7, 11) is 0. The van der Waals surface area contributed by atoms with E-state index in [1.54, 1.807) is 0 Å². The minimum absolute atomic E-state index is 0.292. The van der Waals surface area contributed by atoms with E-state index in [0.29, 0.717) is 5.92 Å². The fourth-order valence-electron chi connectivity index (χ4n) is 8.62. The van der Waals surface area contributed by atoms with Gasteiger partial charge in [0.15, 0.2) is 0 Å². The summed E-state index contributed by atoms with van der Waals surface area (Å²) in [4.78, 5) is 0. The Kier molecular flexibility index (Phi) is 7.43. The quantitative estimate of drug-likeness (QED) is 0.173. The summed E-state index contributed by atoms with van der Waals surface area (Å²) in [5, 5.41) is 2.53. The number of fused-ring (bicyclic) bond motifs is 6. The van der Waals surface area contributed by atoms with E-state index in [2.05, 4.69) is 199 Å². The second kappa shape index (κ2) is 12.7. The maximum absolute atomic E-state index is 2.46. The number of benzene rings is 8. The number of hydrogen-bond donors (Lipinski definition) is 0. The SMILES string of the molecule is c1ccc(-c2cccc(-n3c4ccccc4c4cc(-c5ccc6c(c5)-c5ccccc5CC[C@H]6c5ccccc5-c5ccccc5)ccc43)c2)cc1. The first-order valence-electron chi connectivity index (χ1n) is 18.4. The van der Waals surface area contributed by atoms with E-state index in [4.69, 9.17) is 0 Å². The average molecular weight is 664 g/mol. The average Bonchev–Trinajstić information content (AvgIpc) is 3.46. The molecule has 246 valence electrons. The van der Waals surface area contributed by atoms with Gasteiger partial charge in [-0.3, -0.25) is 0 Å². The first-order valence-corrected chi connectivity index (χ1v) is 18.4. The van der Waals surface area contributed by atoms with Crippen LogP contribution in [0.25, 0.3) is 72.0 Å². The van der Waals surface area contributed by atoms with Crippen LogP contribution in [0.2, 0.25) is 0 Å². The molecular weight excluding hydrogens is 627 g/mol. The Morgan fingerprint density at radius 1 is 0.365 bits per heavy atom. The van der Waals surface area contributed by atoms with E-state index in [-0.39, 0.29) is 0 Å². The van der Waals surface area contributed by atoms with Gasteiger partial charge >= 0.3 is 0 Å². The molecule has 8 aromatic carbocycles. The topological polar surface area (TPSA) is 4.93 Å². The van der Waals surface area contributed by atoms with E-state index in [9.17, 15) is 0 Å². The monoisotopic (exact) mass is 663 g/mol. The summed E-state index contributed by atoms with van der Waals surface area (Å²) < 4.78 is 2.42. The zero-order valence-corrected chi connectivity index (χ0v) is 28.9. The van der Waals surface area contributed by atoms with Crippen LogP contribution >= 0.6 is 0 Å². The maximum atomic E-state index is 2.46. The van der Waals surface area contributed by atoms with Gasteiger partial charge in [0.25, 0.3) is 0 Å². The zero-order chi connectivity index (χ0) is 34.4. The first kappa shape index (κ1) is 30.4. The van der Waals surface area contributed by atoms with Gasteiger partial charge in [-0.15, -0.1) is 0 Å². The maximum Gasteiger partial charge on any atom is 0.0541 e. The van der Waals surface area contributed by atoms with Crippen LogP contribution < -0.4 is 0 Å². The lowest BCUT2D eigenvalue weighted by atomic mass is 9.81. The highest BCUT2D eigenvalue weighted by Crippen LogP contribution is 2.46. The third-order valence-corrected chi connectivity index (χ3v) is 11.1. The molecule has 0 saturated heterocycles. The van der Waals surface area contributed by atoms with Crippen LogP contribution in [0.4, 0.5) is 0 Å². The smallest absolute Gasteiger partial charge is 0.0541 e. The first-order chi connectivity index (χ1) is 25.8. The second-order valence-electron chi connectivity index (χ2n) is 14.0. The molecule has 1 heteroatoms. The van der Waals surface area contributed by atoms with Gasteiger partial charge in [-0.05, 0) is 110 Å². The zero-order valence-electron chi connectivity index (χ0n) is 28.9. The van der Waals surface area contributed by atoms with Gasteiger partial charge in [-0.1, -0.05) is 158 Å². The van der Waals surface area contributed by atoms with E-state index in [1.807, 2.05) is 0 Å². The van der Waals surface area contributed by atoms with Crippen molar-refractivity contribution in [1.29, 1.82) is 0 Å². The Bertz CT molecular complexity index is 2730. The number of nitrogens with zero attached hydrogens (tertiary/aromatic N) is 1. The molecule has 0 aliphatic heterocycles. The molecule has 0 N–H and O–H groups in total. The summed E-state index contributed by atoms with van der Waals surface area (Å²) >= 11 is 0. The van der Waals surface area contributed by atoms with Gasteiger partial charge in [0.2, 0.25) is 0 Å². The lowest BCUT2D eigenvalue weighted by Crippen LogP contribution is -2.04. The van der Waals surface area contributed by atoms with Crippen molar-refractivity contribution in [2.75, 3.05) is 0 Å². The van der Waals surface area contributed by atoms with Crippen molar-refractivity contribution in [1.82, 2.24) is 4.57 Å². The molecule has 1 aliphatic rings. The minimum Gasteiger partial charge on any atom is -0.309 e. The Labute approximate surface area is 305 Å². The fourth-order valence-corrected chi connectivity index (χ4v) is 8.62. The molecule has 1 atom stereocenters. The molecule has 0 radical (unpaired) electrons. The highest BCUT2D eigenvalue weighted by atomic mass is 15.0. The largest absolute Gasteiger partial charge is 0.309 e. The van der Waals surface area contributed by atoms with Crippen LogP contribution in [0.3, 0.4) is 0 Å². The van der Waals surface area contributed by atoms with Gasteiger partial charge in [0.05, 0.1) is 11.0 Å². The van der Waals surface area contributed by atoms with Gasteiger partial charge < -0.3 is 4.57 Å². The number of aromatic nitrogens is 1. The molecule has 1 aliphatic carbocycles. The van der Waals surface area contributed by atoms with Gasteiger partial charge in [-0.25, -0.2) is 0 Å². The van der Waals surface area contributed by atoms with Crippen LogP contribution in [0, 0.1) is 0 Å². The predicted molar refractivity (Wildman–Crippen MR) is 219 cm³/mol. The van der Waals surface area contributed by atoms with Crippen molar-refractivity contribution >= 4 is 21.8 Å². The molecule has 1 heterocycles. The van der Waals surface area contributed by atoms with E-state index in [1.165, 1.54) is 88.7 Å². The molecule has 9 aromatic rings. The molecule has 10 rings (SSSR count). The number of rotatable bonds is 5. The molecule has 0 saturated carbocycles. The Morgan fingerprint density at radius 2 is 0.981 bits per heavy atom. The summed E-state index contributed by atoms with van der Waals surface area (Å²) in [6.07, 6.45) is 2.12. The summed E-state index contributed by atoms with van der Waals surface area (Å²) in [5.41, 5.74) is 18.1. The fraction of sp³-hybridized carbons (Fsp3) is 0.0588. The molecule has 1 nitrogen and oxygen atoms in total. The third kappa shape index (κ3) is 5.17. The summed E-state index contributed by atoms with van der Waals surface area (Å²) in [5.74, 6) is 0.292. The van der Waals surface area contributed by atoms with Crippen LogP contribution in [-0.4, -0.2) is 4.57 Å². The highest BCUT2D eigenvalue weighted by molar-refractivity contribution is 6.10. The Morgan fingerprint density at radius 3 is 1.85 bits per heavy atom. The predicted octanol–water partition coefficient (Wildman–Crippen LogP) is 13.5. The molecule has 0 fully saturated rings. The van der Waals surface area contributed by atoms with Crippen molar-refractivity contribution in [3.63, 3.8) is 0 Å². The lowest BCUT2D eigenvalue weighted by molar-refractivity contribution is 0.727. The highest BCUT2D eigenvalue weighted by Gasteiger charge is 2.26. The lowest BCUT2D eigenvalue weighted by Gasteiger charge is -2.22. The van der Waals surface area contributed by atoms with Crippen LogP contribution in [0.15, 0.2) is 194 Å². The molecule has 1 aromatic heterocycles. The van der Waals surface area contributed by atoms with Crippen molar-refractivity contribution in [3.8, 4) is 50.2 Å². The van der Waals surface area contributed by atoms with E-state index >= 15 is 0 Å². The van der Waals surface area contributed by atoms with Crippen molar-refractivity contribution in [2.45, 2.75) is 18.8 Å². The molecule has 0 amide bonds. The summed E-state index contributed by atoms with van der Waals surface area (Å²) in [6.45, 7) is 0. The normalized spacial score (nSPS) is 13.8. The minimum atomic E-state index is 0.292. The summed E-state index contributed by atoms with van der Waals surface area (Å²) in [6, 6.07) is 71.6. The standard InChI is InChI=1S/C51H37N/c1-3-14-35(15-4-1)38-19-13-20-41(32-38)52-50-25-12-11-24-47(50)49-34-40(28-31-51(49)52)39-27-30-46-45(29-26-37-18-7-8-22-43(37)48(46)33-39)44-23-10-9-21-42(44)36-16-5-2-6-17-36/h1-25,27-28,30-34,45H,26,29H2/t45-/m0/s1. The van der Waals surface area contributed by atoms with Crippen molar-refractivity contribution in [2.24, 2.45) is 0 Å². The Balaban J connectivity index is 1.12. The number of para-hydroxylation sites is 1. The molecule has 0 bridgehead atoms. The molecule has 0 unspecified atom stereocenters. The van der Waals surface area contributed by atoms with Gasteiger partial charge in [-0.2, -0.15) is 0 Å². The number of hydrogen-bond acceptors (Lipinski definition) is 0. The van der Waals surface area contributed by atoms with Crippen molar-refractivity contribution < 1.29 is 0 Å². The van der Waals surface area contributed by atoms with E-state index < -0.39 is 0 Å². The molecule has 0 spiro atoms. The Hall–Kier alpha value is -6.44. The third-order valence-electron chi connectivity index (χ3n) is 11.1. The molecular formula is C51H37N. The molecule has 52 heavy (non-hydrogen) atoms. The van der Waals surface area contributed by atoms with E-state index in [0.717, 1.165) is 12.8 Å². The van der Waals surface area contributed by atoms with Crippen LogP contribution in [0.1, 0.15) is 29.0 Å². The second-order valence-corrected chi connectivity index (χ2v) is 14.0.